The van der Waals surface area contributed by atoms with Crippen molar-refractivity contribution in [3.63, 3.8) is 0 Å². The molecule has 0 fully saturated rings. The van der Waals surface area contributed by atoms with Crippen LogP contribution in [0.3, 0.4) is 0 Å². The van der Waals surface area contributed by atoms with E-state index in [1.54, 1.807) is 11.3 Å². The first-order valence-electron chi connectivity index (χ1n) is 4.19. The summed E-state index contributed by atoms with van der Waals surface area (Å²) >= 11 is 7.40. The summed E-state index contributed by atoms with van der Waals surface area (Å²) in [6.07, 6.45) is 0. The highest BCUT2D eigenvalue weighted by Gasteiger charge is 2.14. The Balaban J connectivity index is 2.18. The number of thiophene rings is 1. The topological polar surface area (TPSA) is 38.3 Å². The van der Waals surface area contributed by atoms with Crippen LogP contribution in [0.5, 0.6) is 0 Å². The lowest BCUT2D eigenvalue weighted by atomic mass is 10.4. The van der Waals surface area contributed by atoms with Crippen molar-refractivity contribution >= 4 is 28.9 Å². The molecule has 0 aliphatic carbocycles. The van der Waals surface area contributed by atoms with Crippen molar-refractivity contribution in [3.8, 4) is 0 Å². The van der Waals surface area contributed by atoms with Gasteiger partial charge in [0.15, 0.2) is 0 Å². The average Bonchev–Trinajstić information content (AvgIpc) is 2.69. The molecule has 0 saturated carbocycles. The van der Waals surface area contributed by atoms with E-state index in [4.69, 9.17) is 11.6 Å². The summed E-state index contributed by atoms with van der Waals surface area (Å²) in [6.45, 7) is 1.16. The van der Waals surface area contributed by atoms with Gasteiger partial charge >= 0.3 is 5.97 Å². The van der Waals surface area contributed by atoms with Gasteiger partial charge < -0.3 is 10.1 Å². The first-order chi connectivity index (χ1) is 6.74. The van der Waals surface area contributed by atoms with Gasteiger partial charge in [-0.3, -0.25) is 4.79 Å². The number of methoxy groups -OCH3 is 1. The summed E-state index contributed by atoms with van der Waals surface area (Å²) in [6, 6.07) is 4.01. The van der Waals surface area contributed by atoms with E-state index in [1.165, 1.54) is 12.0 Å². The highest BCUT2D eigenvalue weighted by molar-refractivity contribution is 7.09. The van der Waals surface area contributed by atoms with Crippen molar-refractivity contribution < 1.29 is 9.53 Å². The van der Waals surface area contributed by atoms with Crippen molar-refractivity contribution in [2.75, 3.05) is 13.7 Å². The maximum Gasteiger partial charge on any atom is 0.325 e. The van der Waals surface area contributed by atoms with Gasteiger partial charge in [0.1, 0.15) is 5.38 Å². The average molecular weight is 234 g/mol. The molecule has 0 saturated heterocycles. The Labute approximate surface area is 92.0 Å². The number of ether oxygens (including phenoxy) is 1. The van der Waals surface area contributed by atoms with Crippen LogP contribution in [0.25, 0.3) is 0 Å². The summed E-state index contributed by atoms with van der Waals surface area (Å²) in [4.78, 5) is 12.1. The number of alkyl halides is 1. The van der Waals surface area contributed by atoms with Gasteiger partial charge in [0.05, 0.1) is 7.11 Å². The van der Waals surface area contributed by atoms with Crippen molar-refractivity contribution in [2.45, 2.75) is 11.9 Å². The molecule has 3 nitrogen and oxygen atoms in total. The standard InChI is InChI=1S/C9H12ClNO2S/c1-13-9(12)8(10)6-11-5-7-3-2-4-14-7/h2-4,8,11H,5-6H2,1H3. The zero-order valence-electron chi connectivity index (χ0n) is 7.83. The van der Waals surface area contributed by atoms with Gasteiger partial charge in [-0.15, -0.1) is 22.9 Å². The molecule has 1 heterocycles. The van der Waals surface area contributed by atoms with Gasteiger partial charge in [0.25, 0.3) is 0 Å². The molecule has 0 radical (unpaired) electrons. The minimum Gasteiger partial charge on any atom is -0.468 e. The van der Waals surface area contributed by atoms with Gasteiger partial charge in [-0.1, -0.05) is 6.07 Å². The molecule has 1 unspecified atom stereocenters. The first-order valence-corrected chi connectivity index (χ1v) is 5.50. The Bertz CT molecular complexity index is 276. The van der Waals surface area contributed by atoms with Gasteiger partial charge in [-0.2, -0.15) is 0 Å². The Morgan fingerprint density at radius 1 is 1.79 bits per heavy atom. The second kappa shape index (κ2) is 6.01. The number of esters is 1. The molecule has 0 amide bonds. The lowest BCUT2D eigenvalue weighted by Gasteiger charge is -2.07. The Morgan fingerprint density at radius 3 is 3.14 bits per heavy atom. The maximum atomic E-state index is 10.9. The van der Waals surface area contributed by atoms with E-state index < -0.39 is 11.3 Å². The third-order valence-electron chi connectivity index (χ3n) is 1.66. The monoisotopic (exact) mass is 233 g/mol. The van der Waals surface area contributed by atoms with Crippen LogP contribution in [0.4, 0.5) is 0 Å². The predicted molar refractivity (Wildman–Crippen MR) is 57.7 cm³/mol. The number of hydrogen-bond acceptors (Lipinski definition) is 4. The zero-order valence-corrected chi connectivity index (χ0v) is 9.40. The summed E-state index contributed by atoms with van der Waals surface area (Å²) < 4.78 is 4.49. The third kappa shape index (κ3) is 3.65. The summed E-state index contributed by atoms with van der Waals surface area (Å²) in [7, 11) is 1.33. The molecule has 1 N–H and O–H groups in total. The quantitative estimate of drug-likeness (QED) is 0.621. The number of carbonyl (C=O) groups is 1. The highest BCUT2D eigenvalue weighted by Crippen LogP contribution is 2.07. The van der Waals surface area contributed by atoms with Crippen molar-refractivity contribution in [2.24, 2.45) is 0 Å². The fourth-order valence-electron chi connectivity index (χ4n) is 0.946. The van der Waals surface area contributed by atoms with E-state index >= 15 is 0 Å². The van der Waals surface area contributed by atoms with E-state index in [0.29, 0.717) is 6.54 Å². The van der Waals surface area contributed by atoms with Crippen molar-refractivity contribution in [1.82, 2.24) is 5.32 Å². The third-order valence-corrected chi connectivity index (χ3v) is 2.87. The van der Waals surface area contributed by atoms with Crippen LogP contribution in [0.1, 0.15) is 4.88 Å². The van der Waals surface area contributed by atoms with E-state index in [9.17, 15) is 4.79 Å². The lowest BCUT2D eigenvalue weighted by Crippen LogP contribution is -2.29. The van der Waals surface area contributed by atoms with Gasteiger partial charge in [0.2, 0.25) is 0 Å². The molecule has 0 aliphatic rings. The van der Waals surface area contributed by atoms with Gasteiger partial charge in [-0.05, 0) is 11.4 Å². The van der Waals surface area contributed by atoms with Crippen LogP contribution in [-0.2, 0) is 16.1 Å². The van der Waals surface area contributed by atoms with Crippen LogP contribution >= 0.6 is 22.9 Å². The molecule has 1 rings (SSSR count). The molecule has 0 bridgehead atoms. The molecule has 1 aromatic heterocycles. The van der Waals surface area contributed by atoms with Crippen molar-refractivity contribution in [1.29, 1.82) is 0 Å². The molecular formula is C9H12ClNO2S. The number of halogens is 1. The fraction of sp³-hybridized carbons (Fsp3) is 0.444. The second-order valence-corrected chi connectivity index (χ2v) is 4.26. The van der Waals surface area contributed by atoms with E-state index in [1.807, 2.05) is 17.5 Å². The SMILES string of the molecule is COC(=O)C(Cl)CNCc1cccs1. The number of carbonyl (C=O) groups excluding carboxylic acids is 1. The molecular weight excluding hydrogens is 222 g/mol. The smallest absolute Gasteiger partial charge is 0.325 e. The molecule has 0 spiro atoms. The molecule has 78 valence electrons. The molecule has 1 atom stereocenters. The molecule has 5 heteroatoms. The minimum atomic E-state index is -0.611. The van der Waals surface area contributed by atoms with E-state index in [2.05, 4.69) is 10.1 Å². The molecule has 14 heavy (non-hydrogen) atoms. The lowest BCUT2D eigenvalue weighted by molar-refractivity contribution is -0.140. The van der Waals surface area contributed by atoms with Gasteiger partial charge in [-0.25, -0.2) is 0 Å². The summed E-state index contributed by atoms with van der Waals surface area (Å²) in [5.74, 6) is -0.398. The van der Waals surface area contributed by atoms with E-state index in [0.717, 1.165) is 6.54 Å². The number of nitrogens with one attached hydrogen (secondary N) is 1. The maximum absolute atomic E-state index is 10.9. The van der Waals surface area contributed by atoms with Crippen LogP contribution in [-0.4, -0.2) is 25.0 Å². The van der Waals surface area contributed by atoms with Gasteiger partial charge in [0, 0.05) is 18.0 Å². The highest BCUT2D eigenvalue weighted by atomic mass is 35.5. The summed E-state index contributed by atoms with van der Waals surface area (Å²) in [5, 5.41) is 4.48. The Kier molecular flexibility index (Phi) is 4.93. The number of rotatable bonds is 5. The normalized spacial score (nSPS) is 12.4. The Hall–Kier alpha value is -0.580. The Morgan fingerprint density at radius 2 is 2.57 bits per heavy atom. The number of hydrogen-bond donors (Lipinski definition) is 1. The second-order valence-electron chi connectivity index (χ2n) is 2.70. The van der Waals surface area contributed by atoms with E-state index in [-0.39, 0.29) is 0 Å². The fourth-order valence-corrected chi connectivity index (χ4v) is 1.82. The largest absolute Gasteiger partial charge is 0.468 e. The van der Waals surface area contributed by atoms with Crippen LogP contribution in [0.2, 0.25) is 0 Å². The first kappa shape index (κ1) is 11.5. The minimum absolute atomic E-state index is 0.398. The van der Waals surface area contributed by atoms with Crippen LogP contribution in [0.15, 0.2) is 17.5 Å². The molecule has 0 aliphatic heterocycles. The molecule has 0 aromatic carbocycles. The summed E-state index contributed by atoms with van der Waals surface area (Å²) in [5.41, 5.74) is 0. The zero-order chi connectivity index (χ0) is 10.4. The van der Waals surface area contributed by atoms with Crippen molar-refractivity contribution in [3.05, 3.63) is 22.4 Å². The predicted octanol–water partition coefficient (Wildman–Crippen LogP) is 1.62. The molecule has 1 aromatic rings. The van der Waals surface area contributed by atoms with Crippen LogP contribution in [0, 0.1) is 0 Å². The van der Waals surface area contributed by atoms with Crippen LogP contribution < -0.4 is 5.32 Å².